The Morgan fingerprint density at radius 2 is 1.92 bits per heavy atom. The van der Waals surface area contributed by atoms with Crippen molar-refractivity contribution < 1.29 is 33.4 Å². The molecule has 0 bridgehead atoms. The molecule has 0 amide bonds. The summed E-state index contributed by atoms with van der Waals surface area (Å²) in [6, 6.07) is 6.75. The summed E-state index contributed by atoms with van der Waals surface area (Å²) in [5.74, 6) is -0.786. The highest BCUT2D eigenvalue weighted by atomic mass is 31.2. The van der Waals surface area contributed by atoms with Crippen molar-refractivity contribution in [2.24, 2.45) is 5.92 Å². The van der Waals surface area contributed by atoms with Gasteiger partial charge in [0, 0.05) is 5.92 Å². The van der Waals surface area contributed by atoms with Crippen molar-refractivity contribution >= 4 is 30.7 Å². The van der Waals surface area contributed by atoms with Crippen molar-refractivity contribution in [3.8, 4) is 5.75 Å². The summed E-state index contributed by atoms with van der Waals surface area (Å²) in [4.78, 5) is 24.7. The number of benzene rings is 1. The highest BCUT2D eigenvalue weighted by Gasteiger charge is 2.44. The van der Waals surface area contributed by atoms with Crippen molar-refractivity contribution in [2.45, 2.75) is 57.6 Å². The van der Waals surface area contributed by atoms with Gasteiger partial charge < -0.3 is 29.8 Å². The van der Waals surface area contributed by atoms with Crippen LogP contribution in [0.5, 0.6) is 5.75 Å². The molecule has 1 saturated carbocycles. The van der Waals surface area contributed by atoms with E-state index in [9.17, 15) is 19.6 Å². The van der Waals surface area contributed by atoms with Gasteiger partial charge in [-0.25, -0.2) is 19.5 Å². The molecule has 13 nitrogen and oxygen atoms in total. The number of para-hydroxylation sites is 1. The molecular formula is C23H31N6O7P. The van der Waals surface area contributed by atoms with Crippen LogP contribution in [0.2, 0.25) is 0 Å². The second-order valence-electron chi connectivity index (χ2n) is 9.16. The highest BCUT2D eigenvalue weighted by molar-refractivity contribution is 7.52. The Kier molecular flexibility index (Phi) is 8.10. The fraction of sp³-hybridized carbons (Fsp3) is 0.478. The van der Waals surface area contributed by atoms with Gasteiger partial charge >= 0.3 is 13.7 Å². The van der Waals surface area contributed by atoms with Crippen molar-refractivity contribution in [1.82, 2.24) is 24.6 Å². The average molecular weight is 535 g/mol. The van der Waals surface area contributed by atoms with Crippen LogP contribution >= 0.6 is 7.75 Å². The first-order valence-corrected chi connectivity index (χ1v) is 13.4. The molecule has 14 heteroatoms. The number of hydrogen-bond donors (Lipinski definition) is 4. The second-order valence-corrected chi connectivity index (χ2v) is 10.9. The summed E-state index contributed by atoms with van der Waals surface area (Å²) in [6.45, 7) is 4.65. The van der Waals surface area contributed by atoms with E-state index in [0.717, 1.165) is 0 Å². The van der Waals surface area contributed by atoms with E-state index in [1.807, 2.05) is 0 Å². The first kappa shape index (κ1) is 27.0. The summed E-state index contributed by atoms with van der Waals surface area (Å²) in [5.41, 5.74) is 6.66. The van der Waals surface area contributed by atoms with Crippen LogP contribution in [-0.4, -0.2) is 66.7 Å². The standard InChI is InChI=1S/C23H31N6O7P/c1-13(2)35-23(32)14(3)28-37(33,36-16-7-5-4-6-8-16)34-10-15-9-17(20(31)19(15)30)29-12-27-18-21(24)25-11-26-22(18)29/h4-8,11-15,17,19-20,30-31H,9-10H2,1-3H3,(H,28,33)(H2,24,25,26)/t14-,15+,17+,19?,20?,37?/m0/s1. The number of imidazole rings is 1. The number of ether oxygens (including phenoxy) is 1. The van der Waals surface area contributed by atoms with E-state index in [1.165, 1.54) is 19.6 Å². The Labute approximate surface area is 213 Å². The van der Waals surface area contributed by atoms with Gasteiger partial charge in [0.15, 0.2) is 11.5 Å². The first-order chi connectivity index (χ1) is 17.6. The maximum Gasteiger partial charge on any atom is 0.459 e. The van der Waals surface area contributed by atoms with Gasteiger partial charge in [-0.15, -0.1) is 0 Å². The number of hydrogen-bond acceptors (Lipinski definition) is 11. The predicted octanol–water partition coefficient (Wildman–Crippen LogP) is 1.82. The molecule has 200 valence electrons. The molecule has 1 aromatic carbocycles. The Hall–Kier alpha value is -3.09. The van der Waals surface area contributed by atoms with Crippen LogP contribution in [0.3, 0.4) is 0 Å². The Bertz CT molecular complexity index is 1270. The monoisotopic (exact) mass is 534 g/mol. The van der Waals surface area contributed by atoms with Gasteiger partial charge in [0.05, 0.1) is 31.2 Å². The number of nitrogens with zero attached hydrogens (tertiary/aromatic N) is 4. The van der Waals surface area contributed by atoms with Crippen molar-refractivity contribution in [2.75, 3.05) is 12.3 Å². The molecule has 2 aromatic heterocycles. The molecule has 0 spiro atoms. The molecule has 5 N–H and O–H groups in total. The SMILES string of the molecule is CC(C)OC(=O)[C@H](C)NP(=O)(OC[C@H]1C[C@@H](n2cnc3c(N)ncnc32)C(O)C1O)Oc1ccccc1. The zero-order valence-corrected chi connectivity index (χ0v) is 21.6. The lowest BCUT2D eigenvalue weighted by molar-refractivity contribution is -0.149. The third kappa shape index (κ3) is 6.08. The van der Waals surface area contributed by atoms with Gasteiger partial charge in [-0.05, 0) is 39.3 Å². The quantitative estimate of drug-likeness (QED) is 0.219. The fourth-order valence-electron chi connectivity index (χ4n) is 4.18. The maximum absolute atomic E-state index is 13.7. The van der Waals surface area contributed by atoms with E-state index in [1.54, 1.807) is 48.7 Å². The molecule has 4 rings (SSSR count). The molecule has 3 aromatic rings. The number of esters is 1. The van der Waals surface area contributed by atoms with E-state index >= 15 is 0 Å². The first-order valence-electron chi connectivity index (χ1n) is 11.8. The largest absolute Gasteiger partial charge is 0.462 e. The zero-order chi connectivity index (χ0) is 26.7. The number of nitrogens with two attached hydrogens (primary N) is 1. The van der Waals surface area contributed by atoms with Crippen LogP contribution in [-0.2, 0) is 18.6 Å². The Balaban J connectivity index is 1.50. The summed E-state index contributed by atoms with van der Waals surface area (Å²) >= 11 is 0. The van der Waals surface area contributed by atoms with Crippen LogP contribution < -0.4 is 15.3 Å². The molecule has 1 aliphatic carbocycles. The van der Waals surface area contributed by atoms with Gasteiger partial charge in [0.1, 0.15) is 29.7 Å². The Morgan fingerprint density at radius 3 is 2.62 bits per heavy atom. The third-order valence-electron chi connectivity index (χ3n) is 6.00. The van der Waals surface area contributed by atoms with Crippen LogP contribution in [0, 0.1) is 5.92 Å². The van der Waals surface area contributed by atoms with Crippen LogP contribution in [0.15, 0.2) is 43.0 Å². The number of nitrogen functional groups attached to an aromatic ring is 1. The fourth-order valence-corrected chi connectivity index (χ4v) is 5.73. The van der Waals surface area contributed by atoms with Crippen LogP contribution in [0.1, 0.15) is 33.2 Å². The minimum absolute atomic E-state index is 0.201. The lowest BCUT2D eigenvalue weighted by Crippen LogP contribution is -2.37. The Morgan fingerprint density at radius 1 is 1.19 bits per heavy atom. The molecule has 2 heterocycles. The molecule has 3 unspecified atom stereocenters. The minimum atomic E-state index is -4.12. The van der Waals surface area contributed by atoms with E-state index in [0.29, 0.717) is 11.2 Å². The van der Waals surface area contributed by atoms with Gasteiger partial charge in [-0.1, -0.05) is 18.2 Å². The van der Waals surface area contributed by atoms with E-state index < -0.39 is 43.9 Å². The molecule has 1 fully saturated rings. The second kappa shape index (κ2) is 11.1. The number of aliphatic hydroxyl groups is 2. The zero-order valence-electron chi connectivity index (χ0n) is 20.7. The highest BCUT2D eigenvalue weighted by Crippen LogP contribution is 2.47. The predicted molar refractivity (Wildman–Crippen MR) is 133 cm³/mol. The van der Waals surface area contributed by atoms with E-state index in [-0.39, 0.29) is 30.7 Å². The van der Waals surface area contributed by atoms with Gasteiger partial charge in [0.2, 0.25) is 0 Å². The summed E-state index contributed by atoms with van der Waals surface area (Å²) in [7, 11) is -4.12. The number of aliphatic hydroxyl groups excluding tert-OH is 2. The molecule has 0 saturated heterocycles. The number of nitrogens with one attached hydrogen (secondary N) is 1. The van der Waals surface area contributed by atoms with Crippen molar-refractivity contribution in [3.63, 3.8) is 0 Å². The van der Waals surface area contributed by atoms with Gasteiger partial charge in [0.25, 0.3) is 0 Å². The van der Waals surface area contributed by atoms with Crippen LogP contribution in [0.25, 0.3) is 11.2 Å². The number of rotatable bonds is 10. The van der Waals surface area contributed by atoms with Gasteiger partial charge in [-0.2, -0.15) is 5.09 Å². The van der Waals surface area contributed by atoms with Gasteiger partial charge in [-0.3, -0.25) is 9.32 Å². The number of carbonyl (C=O) groups excluding carboxylic acids is 1. The molecule has 37 heavy (non-hydrogen) atoms. The molecule has 0 aliphatic heterocycles. The average Bonchev–Trinajstić information content (AvgIpc) is 3.40. The lowest BCUT2D eigenvalue weighted by Gasteiger charge is -2.25. The number of fused-ring (bicyclic) bond motifs is 1. The van der Waals surface area contributed by atoms with Crippen molar-refractivity contribution in [3.05, 3.63) is 43.0 Å². The maximum atomic E-state index is 13.7. The van der Waals surface area contributed by atoms with Crippen molar-refractivity contribution in [1.29, 1.82) is 0 Å². The normalized spacial score (nSPS) is 24.2. The van der Waals surface area contributed by atoms with Crippen LogP contribution in [0.4, 0.5) is 5.82 Å². The molecule has 1 aliphatic rings. The molecule has 0 radical (unpaired) electrons. The minimum Gasteiger partial charge on any atom is -0.462 e. The summed E-state index contributed by atoms with van der Waals surface area (Å²) < 4.78 is 31.9. The molecular weight excluding hydrogens is 503 g/mol. The third-order valence-corrected chi connectivity index (χ3v) is 7.64. The number of carbonyl (C=O) groups is 1. The number of anilines is 1. The summed E-state index contributed by atoms with van der Waals surface area (Å²) in [5, 5.41) is 24.2. The molecule has 6 atom stereocenters. The lowest BCUT2D eigenvalue weighted by atomic mass is 10.1. The number of aromatic nitrogens is 4. The topological polar surface area (TPSA) is 184 Å². The summed E-state index contributed by atoms with van der Waals surface area (Å²) in [6.07, 6.45) is 0.293. The van der Waals surface area contributed by atoms with E-state index in [4.69, 9.17) is 19.5 Å². The van der Waals surface area contributed by atoms with E-state index in [2.05, 4.69) is 20.0 Å². The smallest absolute Gasteiger partial charge is 0.459 e.